The molecule has 34 heavy (non-hydrogen) atoms. The number of phenolic OH excluding ortho intramolecular Hbond substituents is 1. The van der Waals surface area contributed by atoms with Gasteiger partial charge in [0.1, 0.15) is 24.7 Å². The van der Waals surface area contributed by atoms with Gasteiger partial charge in [0.05, 0.1) is 25.7 Å². The number of benzene rings is 3. The largest absolute Gasteiger partial charge is 0.507 e. The molecule has 6 nitrogen and oxygen atoms in total. The number of likely N-dealkylation sites (N-methyl/N-ethyl adjacent to an activating group) is 1. The van der Waals surface area contributed by atoms with Gasteiger partial charge in [-0.3, -0.25) is 0 Å². The Labute approximate surface area is 201 Å². The zero-order valence-electron chi connectivity index (χ0n) is 20.0. The Kier molecular flexibility index (Phi) is 7.18. The first-order chi connectivity index (χ1) is 16.5. The van der Waals surface area contributed by atoms with Crippen molar-refractivity contribution in [2.75, 3.05) is 33.3 Å². The van der Waals surface area contributed by atoms with E-state index < -0.39 is 0 Å². The standard InChI is InChI=1S/C28H30N4O2/c1-4-32(3,5-2)18-19-34-23-16-17-24(25(33)20-23)28-30-26(21-12-8-6-9-13-21)29-27(31-28)22-14-10-7-11-15-22/h6-17,20H,4-5,18-19H2,1-3H3/p+1. The molecule has 3 aromatic carbocycles. The molecule has 0 radical (unpaired) electrons. The van der Waals surface area contributed by atoms with Crippen LogP contribution < -0.4 is 4.74 Å². The van der Waals surface area contributed by atoms with Crippen LogP contribution in [0.3, 0.4) is 0 Å². The molecular formula is C28H31N4O2+. The summed E-state index contributed by atoms with van der Waals surface area (Å²) in [5.41, 5.74) is 2.30. The number of aromatic nitrogens is 3. The predicted octanol–water partition coefficient (Wildman–Crippen LogP) is 5.44. The number of quaternary nitrogens is 1. The van der Waals surface area contributed by atoms with Crippen molar-refractivity contribution in [3.05, 3.63) is 78.9 Å². The normalized spacial score (nSPS) is 11.4. The molecule has 4 aromatic rings. The van der Waals surface area contributed by atoms with E-state index >= 15 is 0 Å². The molecule has 174 valence electrons. The molecule has 4 rings (SSSR count). The molecule has 0 spiro atoms. The van der Waals surface area contributed by atoms with Gasteiger partial charge in [-0.25, -0.2) is 15.0 Å². The lowest BCUT2D eigenvalue weighted by Gasteiger charge is -2.31. The minimum absolute atomic E-state index is 0.0740. The first-order valence-corrected chi connectivity index (χ1v) is 11.7. The molecule has 0 aliphatic carbocycles. The summed E-state index contributed by atoms with van der Waals surface area (Å²) in [7, 11) is 2.22. The highest BCUT2D eigenvalue weighted by atomic mass is 16.5. The first-order valence-electron chi connectivity index (χ1n) is 11.7. The highest BCUT2D eigenvalue weighted by molar-refractivity contribution is 5.70. The number of ether oxygens (including phenoxy) is 1. The number of phenols is 1. The fourth-order valence-electron chi connectivity index (χ4n) is 3.64. The van der Waals surface area contributed by atoms with Crippen LogP contribution in [0.25, 0.3) is 34.2 Å². The van der Waals surface area contributed by atoms with E-state index in [1.54, 1.807) is 12.1 Å². The third-order valence-corrected chi connectivity index (χ3v) is 6.34. The molecule has 0 aliphatic rings. The Balaban J connectivity index is 1.65. The topological polar surface area (TPSA) is 68.1 Å². The molecule has 0 saturated carbocycles. The van der Waals surface area contributed by atoms with E-state index in [-0.39, 0.29) is 5.75 Å². The SMILES string of the molecule is CC[N+](C)(CC)CCOc1ccc(-c2nc(-c3ccccc3)nc(-c3ccccc3)n2)c(O)c1. The van der Waals surface area contributed by atoms with Crippen molar-refractivity contribution >= 4 is 0 Å². The van der Waals surface area contributed by atoms with Gasteiger partial charge in [0, 0.05) is 17.2 Å². The van der Waals surface area contributed by atoms with E-state index in [0.717, 1.165) is 35.2 Å². The minimum Gasteiger partial charge on any atom is -0.507 e. The van der Waals surface area contributed by atoms with Crippen LogP contribution in [0.5, 0.6) is 11.5 Å². The number of nitrogens with zero attached hydrogens (tertiary/aromatic N) is 4. The lowest BCUT2D eigenvalue weighted by atomic mass is 10.1. The third-order valence-electron chi connectivity index (χ3n) is 6.34. The minimum atomic E-state index is 0.0740. The quantitative estimate of drug-likeness (QED) is 0.340. The lowest BCUT2D eigenvalue weighted by Crippen LogP contribution is -2.46. The van der Waals surface area contributed by atoms with E-state index in [9.17, 15) is 5.11 Å². The van der Waals surface area contributed by atoms with Gasteiger partial charge in [-0.1, -0.05) is 60.7 Å². The highest BCUT2D eigenvalue weighted by Crippen LogP contribution is 2.32. The van der Waals surface area contributed by atoms with Crippen molar-refractivity contribution in [3.8, 4) is 45.7 Å². The molecule has 1 aromatic heterocycles. The number of hydrogen-bond acceptors (Lipinski definition) is 5. The molecular weight excluding hydrogens is 424 g/mol. The maximum atomic E-state index is 10.8. The maximum absolute atomic E-state index is 10.8. The van der Waals surface area contributed by atoms with E-state index in [0.29, 0.717) is 35.4 Å². The summed E-state index contributed by atoms with van der Waals surface area (Å²) in [4.78, 5) is 14.1. The summed E-state index contributed by atoms with van der Waals surface area (Å²) in [5.74, 6) is 2.23. The van der Waals surface area contributed by atoms with Crippen molar-refractivity contribution < 1.29 is 14.3 Å². The van der Waals surface area contributed by atoms with Crippen molar-refractivity contribution in [1.29, 1.82) is 0 Å². The van der Waals surface area contributed by atoms with Gasteiger partial charge in [0.15, 0.2) is 17.5 Å². The molecule has 0 amide bonds. The van der Waals surface area contributed by atoms with Crippen LogP contribution in [0.1, 0.15) is 13.8 Å². The van der Waals surface area contributed by atoms with Crippen LogP contribution in [0.15, 0.2) is 78.9 Å². The number of aromatic hydroxyl groups is 1. The molecule has 0 saturated heterocycles. The smallest absolute Gasteiger partial charge is 0.167 e. The van der Waals surface area contributed by atoms with E-state index in [1.165, 1.54) is 0 Å². The summed E-state index contributed by atoms with van der Waals surface area (Å²) >= 11 is 0. The van der Waals surface area contributed by atoms with Gasteiger partial charge in [0.2, 0.25) is 0 Å². The van der Waals surface area contributed by atoms with Crippen molar-refractivity contribution in [2.45, 2.75) is 13.8 Å². The second-order valence-corrected chi connectivity index (χ2v) is 8.54. The van der Waals surface area contributed by atoms with E-state index in [4.69, 9.17) is 9.72 Å². The maximum Gasteiger partial charge on any atom is 0.167 e. The Bertz CT molecular complexity index is 1170. The van der Waals surface area contributed by atoms with Crippen molar-refractivity contribution in [1.82, 2.24) is 15.0 Å². The lowest BCUT2D eigenvalue weighted by molar-refractivity contribution is -0.906. The second kappa shape index (κ2) is 10.4. The van der Waals surface area contributed by atoms with Crippen molar-refractivity contribution in [2.24, 2.45) is 0 Å². The van der Waals surface area contributed by atoms with Crippen molar-refractivity contribution in [3.63, 3.8) is 0 Å². The molecule has 6 heteroatoms. The van der Waals surface area contributed by atoms with Gasteiger partial charge in [-0.2, -0.15) is 0 Å². The third kappa shape index (κ3) is 5.41. The molecule has 0 atom stereocenters. The van der Waals surface area contributed by atoms with E-state index in [2.05, 4.69) is 30.9 Å². The van der Waals surface area contributed by atoms with Gasteiger partial charge >= 0.3 is 0 Å². The average molecular weight is 456 g/mol. The van der Waals surface area contributed by atoms with Gasteiger partial charge in [-0.15, -0.1) is 0 Å². The highest BCUT2D eigenvalue weighted by Gasteiger charge is 2.17. The zero-order chi connectivity index (χ0) is 24.0. The Morgan fingerprint density at radius 3 is 1.76 bits per heavy atom. The molecule has 0 aliphatic heterocycles. The molecule has 0 bridgehead atoms. The van der Waals surface area contributed by atoms with Crippen LogP contribution in [0, 0.1) is 0 Å². The Morgan fingerprint density at radius 1 is 0.735 bits per heavy atom. The average Bonchev–Trinajstić information content (AvgIpc) is 2.89. The van der Waals surface area contributed by atoms with Crippen LogP contribution in [0.4, 0.5) is 0 Å². The zero-order valence-corrected chi connectivity index (χ0v) is 20.0. The molecule has 0 unspecified atom stereocenters. The Hall–Kier alpha value is -3.77. The summed E-state index contributed by atoms with van der Waals surface area (Å²) in [6.45, 7) is 7.97. The monoisotopic (exact) mass is 455 g/mol. The predicted molar refractivity (Wildman–Crippen MR) is 135 cm³/mol. The Morgan fingerprint density at radius 2 is 1.26 bits per heavy atom. The summed E-state index contributed by atoms with van der Waals surface area (Å²) in [6, 6.07) is 24.8. The molecule has 1 heterocycles. The summed E-state index contributed by atoms with van der Waals surface area (Å²) in [6.07, 6.45) is 0. The van der Waals surface area contributed by atoms with Crippen LogP contribution >= 0.6 is 0 Å². The molecule has 1 N–H and O–H groups in total. The summed E-state index contributed by atoms with van der Waals surface area (Å²) in [5, 5.41) is 10.8. The van der Waals surface area contributed by atoms with Gasteiger partial charge in [-0.05, 0) is 26.0 Å². The van der Waals surface area contributed by atoms with E-state index in [1.807, 2.05) is 66.7 Å². The summed E-state index contributed by atoms with van der Waals surface area (Å²) < 4.78 is 6.88. The van der Waals surface area contributed by atoms with Crippen LogP contribution in [-0.2, 0) is 0 Å². The number of hydrogen-bond donors (Lipinski definition) is 1. The first kappa shape index (κ1) is 23.4. The van der Waals surface area contributed by atoms with Crippen LogP contribution in [0.2, 0.25) is 0 Å². The second-order valence-electron chi connectivity index (χ2n) is 8.54. The fraction of sp³-hybridized carbons (Fsp3) is 0.250. The number of rotatable bonds is 9. The van der Waals surface area contributed by atoms with Gasteiger partial charge < -0.3 is 14.3 Å². The van der Waals surface area contributed by atoms with Gasteiger partial charge in [0.25, 0.3) is 0 Å². The fourth-order valence-corrected chi connectivity index (χ4v) is 3.64. The molecule has 0 fully saturated rings. The van der Waals surface area contributed by atoms with Crippen LogP contribution in [-0.4, -0.2) is 57.8 Å².